The van der Waals surface area contributed by atoms with E-state index in [0.717, 1.165) is 21.2 Å². The first-order valence-electron chi connectivity index (χ1n) is 7.75. The standard InChI is InChI=1S/C18H16N2O3S2/c1-18(2,15-4-3-7-24-15)20-16(21)14-9-19-17(25-14)11-5-6-12-13(8-11)23-10-22-12/h3-9H,10H2,1-2H3,(H,20,21). The summed E-state index contributed by atoms with van der Waals surface area (Å²) in [6.07, 6.45) is 1.62. The second-order valence-corrected chi connectivity index (χ2v) is 8.13. The molecule has 3 heterocycles. The van der Waals surface area contributed by atoms with Crippen molar-refractivity contribution in [2.24, 2.45) is 0 Å². The van der Waals surface area contributed by atoms with Crippen LogP contribution < -0.4 is 14.8 Å². The summed E-state index contributed by atoms with van der Waals surface area (Å²) in [4.78, 5) is 18.7. The highest BCUT2D eigenvalue weighted by Gasteiger charge is 2.25. The van der Waals surface area contributed by atoms with E-state index in [0.29, 0.717) is 10.6 Å². The van der Waals surface area contributed by atoms with E-state index in [1.54, 1.807) is 17.5 Å². The van der Waals surface area contributed by atoms with Crippen LogP contribution in [0.4, 0.5) is 0 Å². The predicted molar refractivity (Wildman–Crippen MR) is 98.5 cm³/mol. The molecule has 0 bridgehead atoms. The molecule has 1 amide bonds. The van der Waals surface area contributed by atoms with Gasteiger partial charge < -0.3 is 14.8 Å². The largest absolute Gasteiger partial charge is 0.454 e. The van der Waals surface area contributed by atoms with Crippen LogP contribution in [0.2, 0.25) is 0 Å². The summed E-state index contributed by atoms with van der Waals surface area (Å²) in [5, 5.41) is 5.86. The first-order chi connectivity index (χ1) is 12.0. The van der Waals surface area contributed by atoms with Crippen molar-refractivity contribution in [3.63, 3.8) is 0 Å². The molecule has 3 aromatic rings. The molecule has 0 fully saturated rings. The maximum Gasteiger partial charge on any atom is 0.263 e. The number of hydrogen-bond acceptors (Lipinski definition) is 6. The molecular formula is C18H16N2O3S2. The Balaban J connectivity index is 1.54. The number of carbonyl (C=O) groups excluding carboxylic acids is 1. The molecule has 25 heavy (non-hydrogen) atoms. The van der Waals surface area contributed by atoms with Gasteiger partial charge in [-0.2, -0.15) is 0 Å². The van der Waals surface area contributed by atoms with Gasteiger partial charge in [-0.1, -0.05) is 6.07 Å². The van der Waals surface area contributed by atoms with Gasteiger partial charge in [0.1, 0.15) is 9.88 Å². The zero-order chi connectivity index (χ0) is 17.4. The Morgan fingerprint density at radius 3 is 2.88 bits per heavy atom. The Labute approximate surface area is 153 Å². The second-order valence-electron chi connectivity index (χ2n) is 6.15. The van der Waals surface area contributed by atoms with Gasteiger partial charge in [0.15, 0.2) is 11.5 Å². The summed E-state index contributed by atoms with van der Waals surface area (Å²) in [6.45, 7) is 4.23. The lowest BCUT2D eigenvalue weighted by Gasteiger charge is -2.24. The summed E-state index contributed by atoms with van der Waals surface area (Å²) < 4.78 is 10.7. The highest BCUT2D eigenvalue weighted by molar-refractivity contribution is 7.16. The average Bonchev–Trinajstić information content (AvgIpc) is 3.33. The molecule has 4 rings (SSSR count). The average molecular weight is 372 g/mol. The molecule has 0 atom stereocenters. The highest BCUT2D eigenvalue weighted by Crippen LogP contribution is 2.37. The Hall–Kier alpha value is -2.38. The van der Waals surface area contributed by atoms with E-state index in [4.69, 9.17) is 9.47 Å². The van der Waals surface area contributed by atoms with Gasteiger partial charge >= 0.3 is 0 Å². The summed E-state index contributed by atoms with van der Waals surface area (Å²) in [7, 11) is 0. The van der Waals surface area contributed by atoms with Gasteiger partial charge in [0.2, 0.25) is 6.79 Å². The summed E-state index contributed by atoms with van der Waals surface area (Å²) in [5.41, 5.74) is 0.486. The van der Waals surface area contributed by atoms with E-state index in [1.165, 1.54) is 11.3 Å². The maximum atomic E-state index is 12.6. The molecule has 1 aromatic carbocycles. The van der Waals surface area contributed by atoms with Crippen LogP contribution in [0, 0.1) is 0 Å². The van der Waals surface area contributed by atoms with Crippen LogP contribution in [0.15, 0.2) is 41.9 Å². The topological polar surface area (TPSA) is 60.5 Å². The molecule has 0 unspecified atom stereocenters. The number of carbonyl (C=O) groups is 1. The Bertz CT molecular complexity index is 916. The van der Waals surface area contributed by atoms with E-state index >= 15 is 0 Å². The van der Waals surface area contributed by atoms with Crippen molar-refractivity contribution >= 4 is 28.6 Å². The second kappa shape index (κ2) is 6.16. The van der Waals surface area contributed by atoms with Gasteiger partial charge in [-0.15, -0.1) is 22.7 Å². The minimum Gasteiger partial charge on any atom is -0.454 e. The minimum absolute atomic E-state index is 0.122. The van der Waals surface area contributed by atoms with Gasteiger partial charge in [0, 0.05) is 10.4 Å². The zero-order valence-corrected chi connectivity index (χ0v) is 15.4. The molecule has 1 aliphatic heterocycles. The number of thiazole rings is 1. The number of benzene rings is 1. The minimum atomic E-state index is -0.422. The van der Waals surface area contributed by atoms with Crippen LogP contribution in [0.25, 0.3) is 10.6 Å². The van der Waals surface area contributed by atoms with Crippen LogP contribution in [-0.2, 0) is 5.54 Å². The van der Waals surface area contributed by atoms with Crippen molar-refractivity contribution in [2.75, 3.05) is 6.79 Å². The van der Waals surface area contributed by atoms with Crippen molar-refractivity contribution in [1.29, 1.82) is 0 Å². The van der Waals surface area contributed by atoms with Crippen LogP contribution in [0.1, 0.15) is 28.4 Å². The molecule has 2 aromatic heterocycles. The molecule has 0 spiro atoms. The third kappa shape index (κ3) is 3.12. The summed E-state index contributed by atoms with van der Waals surface area (Å²) in [5.74, 6) is 1.32. The molecule has 1 N–H and O–H groups in total. The van der Waals surface area contributed by atoms with Crippen LogP contribution in [0.5, 0.6) is 11.5 Å². The number of nitrogens with zero attached hydrogens (tertiary/aromatic N) is 1. The molecule has 7 heteroatoms. The zero-order valence-electron chi connectivity index (χ0n) is 13.7. The lowest BCUT2D eigenvalue weighted by molar-refractivity contribution is 0.0917. The molecule has 0 aliphatic carbocycles. The molecule has 128 valence electrons. The van der Waals surface area contributed by atoms with E-state index in [-0.39, 0.29) is 12.7 Å². The van der Waals surface area contributed by atoms with Crippen molar-refractivity contribution in [2.45, 2.75) is 19.4 Å². The first-order valence-corrected chi connectivity index (χ1v) is 9.45. The van der Waals surface area contributed by atoms with Gasteiger partial charge in [-0.3, -0.25) is 4.79 Å². The van der Waals surface area contributed by atoms with Crippen LogP contribution in [-0.4, -0.2) is 17.7 Å². The fourth-order valence-electron chi connectivity index (χ4n) is 2.58. The van der Waals surface area contributed by atoms with Crippen molar-refractivity contribution in [3.05, 3.63) is 51.7 Å². The number of aromatic nitrogens is 1. The van der Waals surface area contributed by atoms with E-state index in [2.05, 4.69) is 10.3 Å². The molecule has 0 saturated heterocycles. The molecule has 1 aliphatic rings. The van der Waals surface area contributed by atoms with Crippen LogP contribution >= 0.6 is 22.7 Å². The number of nitrogens with one attached hydrogen (secondary N) is 1. The number of hydrogen-bond donors (Lipinski definition) is 1. The van der Waals surface area contributed by atoms with Crippen molar-refractivity contribution in [1.82, 2.24) is 10.3 Å². The van der Waals surface area contributed by atoms with Crippen molar-refractivity contribution < 1.29 is 14.3 Å². The number of rotatable bonds is 4. The molecule has 0 radical (unpaired) electrons. The number of ether oxygens (including phenoxy) is 2. The Morgan fingerprint density at radius 1 is 1.24 bits per heavy atom. The fraction of sp³-hybridized carbons (Fsp3) is 0.222. The Kier molecular flexibility index (Phi) is 3.97. The lowest BCUT2D eigenvalue weighted by atomic mass is 10.0. The number of amides is 1. The smallest absolute Gasteiger partial charge is 0.263 e. The fourth-order valence-corrected chi connectivity index (χ4v) is 4.20. The normalized spacial score (nSPS) is 13.0. The van der Waals surface area contributed by atoms with Gasteiger partial charge in [0.25, 0.3) is 5.91 Å². The first kappa shape index (κ1) is 16.1. The third-order valence-corrected chi connectivity index (χ3v) is 6.15. The van der Waals surface area contributed by atoms with Gasteiger partial charge in [-0.05, 0) is 43.5 Å². The lowest BCUT2D eigenvalue weighted by Crippen LogP contribution is -2.40. The number of fused-ring (bicyclic) bond motifs is 1. The quantitative estimate of drug-likeness (QED) is 0.743. The van der Waals surface area contributed by atoms with E-state index < -0.39 is 5.54 Å². The van der Waals surface area contributed by atoms with Crippen LogP contribution in [0.3, 0.4) is 0 Å². The highest BCUT2D eigenvalue weighted by atomic mass is 32.1. The monoisotopic (exact) mass is 372 g/mol. The SMILES string of the molecule is CC(C)(NC(=O)c1cnc(-c2ccc3c(c2)OCO3)s1)c1cccs1. The Morgan fingerprint density at radius 2 is 2.08 bits per heavy atom. The maximum absolute atomic E-state index is 12.6. The predicted octanol–water partition coefficient (Wildman–Crippen LogP) is 4.27. The molecule has 5 nitrogen and oxygen atoms in total. The van der Waals surface area contributed by atoms with E-state index in [9.17, 15) is 4.79 Å². The van der Waals surface area contributed by atoms with E-state index in [1.807, 2.05) is 49.6 Å². The summed E-state index contributed by atoms with van der Waals surface area (Å²) >= 11 is 2.99. The molecule has 0 saturated carbocycles. The number of thiophene rings is 1. The summed E-state index contributed by atoms with van der Waals surface area (Å²) in [6, 6.07) is 9.68. The van der Waals surface area contributed by atoms with Crippen molar-refractivity contribution in [3.8, 4) is 22.1 Å². The van der Waals surface area contributed by atoms with Gasteiger partial charge in [-0.25, -0.2) is 4.98 Å². The third-order valence-electron chi connectivity index (χ3n) is 3.91. The molecular weight excluding hydrogens is 356 g/mol. The van der Waals surface area contributed by atoms with Gasteiger partial charge in [0.05, 0.1) is 11.7 Å².